The number of anilines is 1. The first-order valence-corrected chi connectivity index (χ1v) is 5.43. The lowest BCUT2D eigenvalue weighted by atomic mass is 10.2. The molecule has 0 aliphatic carbocycles. The van der Waals surface area contributed by atoms with E-state index in [1.165, 1.54) is 12.1 Å². The van der Waals surface area contributed by atoms with Crippen molar-refractivity contribution < 1.29 is 13.9 Å². The van der Waals surface area contributed by atoms with Crippen molar-refractivity contribution in [3.05, 3.63) is 29.3 Å². The Morgan fingerprint density at radius 2 is 2.00 bits per heavy atom. The third-order valence-corrected chi connectivity index (χ3v) is 2.37. The van der Waals surface area contributed by atoms with Gasteiger partial charge in [0.1, 0.15) is 11.5 Å². The quantitative estimate of drug-likeness (QED) is 0.826. The minimum Gasteiger partial charge on any atom is -0.390 e. The fourth-order valence-corrected chi connectivity index (χ4v) is 1.52. The Labute approximate surface area is 100 Å². The Morgan fingerprint density at radius 3 is 2.59 bits per heavy atom. The Balaban J connectivity index is 2.66. The van der Waals surface area contributed by atoms with Crippen LogP contribution in [0.1, 0.15) is 5.56 Å². The molecule has 0 saturated carbocycles. The summed E-state index contributed by atoms with van der Waals surface area (Å²) in [6, 6.07) is 2.59. The van der Waals surface area contributed by atoms with Gasteiger partial charge in [0, 0.05) is 13.1 Å². The lowest BCUT2D eigenvalue weighted by molar-refractivity contribution is 0.148. The van der Waals surface area contributed by atoms with E-state index in [-0.39, 0.29) is 12.2 Å². The van der Waals surface area contributed by atoms with Gasteiger partial charge in [0.2, 0.25) is 0 Å². The molecule has 0 spiro atoms. The lowest BCUT2D eigenvalue weighted by Gasteiger charge is -2.17. The van der Waals surface area contributed by atoms with Gasteiger partial charge in [0.05, 0.1) is 6.10 Å². The summed E-state index contributed by atoms with van der Waals surface area (Å²) in [5.74, 6) is -1.26. The molecule has 1 aromatic rings. The first-order valence-electron chi connectivity index (χ1n) is 5.43. The van der Waals surface area contributed by atoms with E-state index < -0.39 is 17.7 Å². The molecule has 0 saturated heterocycles. The maximum atomic E-state index is 13.6. The molecule has 0 fully saturated rings. The second kappa shape index (κ2) is 5.93. The van der Waals surface area contributed by atoms with Gasteiger partial charge in [-0.15, -0.1) is 0 Å². The number of aliphatic hydroxyl groups excluding tert-OH is 1. The SMILES string of the molecule is Cc1ccc(F)c(NCC(O)CN(C)C)c1F. The summed E-state index contributed by atoms with van der Waals surface area (Å²) in [7, 11) is 3.63. The van der Waals surface area contributed by atoms with Gasteiger partial charge in [0.25, 0.3) is 0 Å². The lowest BCUT2D eigenvalue weighted by Crippen LogP contribution is -2.31. The average molecular weight is 244 g/mol. The summed E-state index contributed by atoms with van der Waals surface area (Å²) in [4.78, 5) is 1.80. The minimum atomic E-state index is -0.677. The molecular formula is C12H18F2N2O. The fraction of sp³-hybridized carbons (Fsp3) is 0.500. The minimum absolute atomic E-state index is 0.107. The third-order valence-electron chi connectivity index (χ3n) is 2.37. The first kappa shape index (κ1) is 13.9. The molecular weight excluding hydrogens is 226 g/mol. The molecule has 0 radical (unpaired) electrons. The van der Waals surface area contributed by atoms with Crippen LogP contribution in [-0.2, 0) is 0 Å². The van der Waals surface area contributed by atoms with Gasteiger partial charge >= 0.3 is 0 Å². The summed E-state index contributed by atoms with van der Waals surface area (Å²) < 4.78 is 26.9. The van der Waals surface area contributed by atoms with Crippen LogP contribution in [0, 0.1) is 18.6 Å². The normalized spacial score (nSPS) is 12.9. The van der Waals surface area contributed by atoms with Crippen LogP contribution in [0.5, 0.6) is 0 Å². The molecule has 3 nitrogen and oxygen atoms in total. The highest BCUT2D eigenvalue weighted by Crippen LogP contribution is 2.21. The molecule has 1 rings (SSSR count). The van der Waals surface area contributed by atoms with Crippen LogP contribution >= 0.6 is 0 Å². The number of likely N-dealkylation sites (N-methyl/N-ethyl adjacent to an activating group) is 1. The predicted molar refractivity (Wildman–Crippen MR) is 64.1 cm³/mol. The number of rotatable bonds is 5. The molecule has 0 bridgehead atoms. The summed E-state index contributed by atoms with van der Waals surface area (Å²) in [5.41, 5.74) is 0.193. The van der Waals surface area contributed by atoms with Crippen molar-refractivity contribution in [1.29, 1.82) is 0 Å². The predicted octanol–water partition coefficient (Wildman–Crippen LogP) is 1.61. The van der Waals surface area contributed by atoms with E-state index in [0.717, 1.165) is 0 Å². The van der Waals surface area contributed by atoms with Crippen LogP contribution in [0.2, 0.25) is 0 Å². The Bertz CT molecular complexity index is 383. The number of hydrogen-bond donors (Lipinski definition) is 2. The highest BCUT2D eigenvalue weighted by atomic mass is 19.1. The van der Waals surface area contributed by atoms with Crippen LogP contribution in [-0.4, -0.2) is 43.3 Å². The number of halogens is 2. The topological polar surface area (TPSA) is 35.5 Å². The number of aryl methyl sites for hydroxylation is 1. The summed E-state index contributed by atoms with van der Waals surface area (Å²) in [5, 5.41) is 12.2. The first-order chi connectivity index (χ1) is 7.91. The largest absolute Gasteiger partial charge is 0.390 e. The molecule has 1 atom stereocenters. The molecule has 0 aliphatic heterocycles. The van der Waals surface area contributed by atoms with Gasteiger partial charge in [-0.1, -0.05) is 6.07 Å². The molecule has 0 aromatic heterocycles. The molecule has 1 aromatic carbocycles. The van der Waals surface area contributed by atoms with Crippen LogP contribution in [0.3, 0.4) is 0 Å². The standard InChI is InChI=1S/C12H18F2N2O/c1-8-4-5-10(13)12(11(8)14)15-6-9(17)7-16(2)3/h4-5,9,15,17H,6-7H2,1-3H3. The Morgan fingerprint density at radius 1 is 1.35 bits per heavy atom. The van der Waals surface area contributed by atoms with Gasteiger partial charge in [0.15, 0.2) is 5.82 Å². The van der Waals surface area contributed by atoms with Crippen molar-refractivity contribution in [1.82, 2.24) is 4.90 Å². The maximum absolute atomic E-state index is 13.6. The zero-order valence-corrected chi connectivity index (χ0v) is 10.3. The molecule has 0 amide bonds. The van der Waals surface area contributed by atoms with Crippen molar-refractivity contribution in [3.8, 4) is 0 Å². The zero-order chi connectivity index (χ0) is 13.0. The van der Waals surface area contributed by atoms with E-state index in [2.05, 4.69) is 5.32 Å². The molecule has 2 N–H and O–H groups in total. The number of nitrogens with one attached hydrogen (secondary N) is 1. The van der Waals surface area contributed by atoms with Crippen LogP contribution in [0.15, 0.2) is 12.1 Å². The molecule has 17 heavy (non-hydrogen) atoms. The van der Waals surface area contributed by atoms with E-state index in [1.54, 1.807) is 11.8 Å². The van der Waals surface area contributed by atoms with Gasteiger partial charge < -0.3 is 15.3 Å². The van der Waals surface area contributed by atoms with E-state index >= 15 is 0 Å². The monoisotopic (exact) mass is 244 g/mol. The fourth-order valence-electron chi connectivity index (χ4n) is 1.52. The van der Waals surface area contributed by atoms with Crippen molar-refractivity contribution in [2.75, 3.05) is 32.5 Å². The highest BCUT2D eigenvalue weighted by molar-refractivity contribution is 5.48. The van der Waals surface area contributed by atoms with E-state index in [4.69, 9.17) is 0 Å². The number of aliphatic hydroxyl groups is 1. The highest BCUT2D eigenvalue weighted by Gasteiger charge is 2.13. The molecule has 0 aliphatic rings. The second-order valence-corrected chi connectivity index (χ2v) is 4.35. The Hall–Kier alpha value is -1.20. The van der Waals surface area contributed by atoms with E-state index in [1.807, 2.05) is 14.1 Å². The molecule has 0 heterocycles. The van der Waals surface area contributed by atoms with Crippen molar-refractivity contribution >= 4 is 5.69 Å². The second-order valence-electron chi connectivity index (χ2n) is 4.35. The van der Waals surface area contributed by atoms with Gasteiger partial charge in [-0.2, -0.15) is 0 Å². The maximum Gasteiger partial charge on any atom is 0.152 e. The number of hydrogen-bond acceptors (Lipinski definition) is 3. The smallest absolute Gasteiger partial charge is 0.152 e. The van der Waals surface area contributed by atoms with Crippen LogP contribution in [0.4, 0.5) is 14.5 Å². The number of nitrogens with zero attached hydrogens (tertiary/aromatic N) is 1. The summed E-state index contributed by atoms with van der Waals surface area (Å²) in [6.07, 6.45) is -0.677. The van der Waals surface area contributed by atoms with Gasteiger partial charge in [-0.3, -0.25) is 0 Å². The van der Waals surface area contributed by atoms with Crippen LogP contribution in [0.25, 0.3) is 0 Å². The summed E-state index contributed by atoms with van der Waals surface area (Å²) >= 11 is 0. The van der Waals surface area contributed by atoms with Crippen molar-refractivity contribution in [2.24, 2.45) is 0 Å². The molecule has 5 heteroatoms. The van der Waals surface area contributed by atoms with E-state index in [9.17, 15) is 13.9 Å². The molecule has 1 unspecified atom stereocenters. The van der Waals surface area contributed by atoms with Gasteiger partial charge in [-0.25, -0.2) is 8.78 Å². The van der Waals surface area contributed by atoms with Gasteiger partial charge in [-0.05, 0) is 32.6 Å². The average Bonchev–Trinajstić information content (AvgIpc) is 2.23. The molecule has 96 valence electrons. The van der Waals surface area contributed by atoms with Crippen LogP contribution < -0.4 is 5.32 Å². The number of benzene rings is 1. The summed E-state index contributed by atoms with van der Waals surface area (Å²) in [6.45, 7) is 2.10. The van der Waals surface area contributed by atoms with Crippen molar-refractivity contribution in [2.45, 2.75) is 13.0 Å². The Kier molecular flexibility index (Phi) is 4.84. The van der Waals surface area contributed by atoms with E-state index in [0.29, 0.717) is 12.1 Å². The zero-order valence-electron chi connectivity index (χ0n) is 10.3. The third kappa shape index (κ3) is 3.94. The van der Waals surface area contributed by atoms with Crippen molar-refractivity contribution in [3.63, 3.8) is 0 Å².